The van der Waals surface area contributed by atoms with Crippen LogP contribution in [-0.2, 0) is 13.0 Å². The summed E-state index contributed by atoms with van der Waals surface area (Å²) < 4.78 is 1.09. The summed E-state index contributed by atoms with van der Waals surface area (Å²) in [7, 11) is 1.76. The lowest BCUT2D eigenvalue weighted by Gasteiger charge is -2.35. The van der Waals surface area contributed by atoms with Gasteiger partial charge in [0.05, 0.1) is 22.3 Å². The molecule has 0 spiro atoms. The highest BCUT2D eigenvalue weighted by Crippen LogP contribution is 2.35. The fourth-order valence-electron chi connectivity index (χ4n) is 4.51. The molecule has 178 valence electrons. The number of phenols is 2. The van der Waals surface area contributed by atoms with Crippen LogP contribution in [0.3, 0.4) is 0 Å². The zero-order chi connectivity index (χ0) is 24.7. The highest BCUT2D eigenvalue weighted by Gasteiger charge is 2.31. The Balaban J connectivity index is 1.39. The average molecular weight is 488 g/mol. The molecule has 0 saturated carbocycles. The number of hydrogen-bond acceptors (Lipinski definition) is 6. The summed E-state index contributed by atoms with van der Waals surface area (Å²) in [5.41, 5.74) is 3.25. The maximum Gasteiger partial charge on any atom is 0.262 e. The number of phenolic OH excluding ortho intramolecular Hbond substituents is 2. The van der Waals surface area contributed by atoms with Gasteiger partial charge in [-0.05, 0) is 67.8 Å². The number of para-hydroxylation sites is 1. The Morgan fingerprint density at radius 2 is 1.91 bits per heavy atom. The monoisotopic (exact) mass is 487 g/mol. The van der Waals surface area contributed by atoms with Gasteiger partial charge in [0.1, 0.15) is 16.5 Å². The number of thiazole rings is 1. The molecule has 2 heterocycles. The molecule has 8 heteroatoms. The zero-order valence-corrected chi connectivity index (χ0v) is 20.2. The standard InChI is InChI=1S/C27H25N3O4S/c1-16-7-8-17-13-18(26(33)29(2)15-25-28-21-5-3-4-6-24(21)35-25)9-12-22(17)30(16)27(34)20-11-10-19(31)14-23(20)32/h3-6,9-14,16,31-32H,7-8,15H2,1-2H3. The summed E-state index contributed by atoms with van der Waals surface area (Å²) in [6, 6.07) is 17.2. The molecule has 2 amide bonds. The van der Waals surface area contributed by atoms with Crippen LogP contribution < -0.4 is 4.90 Å². The maximum absolute atomic E-state index is 13.3. The lowest BCUT2D eigenvalue weighted by atomic mass is 9.93. The molecule has 0 bridgehead atoms. The van der Waals surface area contributed by atoms with Gasteiger partial charge in [-0.25, -0.2) is 4.98 Å². The Kier molecular flexibility index (Phi) is 5.90. The lowest BCUT2D eigenvalue weighted by Crippen LogP contribution is -2.42. The van der Waals surface area contributed by atoms with Crippen molar-refractivity contribution in [2.45, 2.75) is 32.4 Å². The van der Waals surface area contributed by atoms with Crippen LogP contribution in [0.15, 0.2) is 60.7 Å². The molecule has 1 aliphatic heterocycles. The number of carbonyl (C=O) groups excluding carboxylic acids is 2. The van der Waals surface area contributed by atoms with E-state index in [1.807, 2.05) is 37.3 Å². The first-order chi connectivity index (χ1) is 16.8. The van der Waals surface area contributed by atoms with Gasteiger partial charge in [0.25, 0.3) is 11.8 Å². The second kappa shape index (κ2) is 9.03. The molecule has 35 heavy (non-hydrogen) atoms. The van der Waals surface area contributed by atoms with Crippen LogP contribution in [-0.4, -0.2) is 45.0 Å². The number of aromatic hydroxyl groups is 2. The fourth-order valence-corrected chi connectivity index (χ4v) is 5.53. The van der Waals surface area contributed by atoms with Crippen molar-refractivity contribution >= 4 is 39.1 Å². The van der Waals surface area contributed by atoms with Crippen LogP contribution in [0.5, 0.6) is 11.5 Å². The molecule has 3 aromatic carbocycles. The van der Waals surface area contributed by atoms with Crippen molar-refractivity contribution in [3.63, 3.8) is 0 Å². The molecule has 7 nitrogen and oxygen atoms in total. The predicted octanol–water partition coefficient (Wildman–Crippen LogP) is 4.96. The number of anilines is 1. The maximum atomic E-state index is 13.3. The molecule has 0 aliphatic carbocycles. The summed E-state index contributed by atoms with van der Waals surface area (Å²) in [5.74, 6) is -0.829. The first-order valence-electron chi connectivity index (χ1n) is 11.4. The Hall–Kier alpha value is -3.91. The second-order valence-corrected chi connectivity index (χ2v) is 9.96. The van der Waals surface area contributed by atoms with Crippen molar-refractivity contribution in [1.82, 2.24) is 9.88 Å². The Labute approximate surface area is 206 Å². The van der Waals surface area contributed by atoms with Gasteiger partial charge in [0, 0.05) is 30.4 Å². The molecule has 1 aromatic heterocycles. The van der Waals surface area contributed by atoms with E-state index in [0.717, 1.165) is 45.4 Å². The van der Waals surface area contributed by atoms with E-state index < -0.39 is 0 Å². The Morgan fingerprint density at radius 3 is 2.69 bits per heavy atom. The molecule has 5 rings (SSSR count). The third kappa shape index (κ3) is 4.33. The number of fused-ring (bicyclic) bond motifs is 2. The van der Waals surface area contributed by atoms with Crippen LogP contribution >= 0.6 is 11.3 Å². The minimum absolute atomic E-state index is 0.0773. The van der Waals surface area contributed by atoms with E-state index in [-0.39, 0.29) is 34.9 Å². The van der Waals surface area contributed by atoms with Crippen molar-refractivity contribution < 1.29 is 19.8 Å². The minimum Gasteiger partial charge on any atom is -0.508 e. The van der Waals surface area contributed by atoms with E-state index in [1.54, 1.807) is 40.3 Å². The smallest absolute Gasteiger partial charge is 0.262 e. The molecular formula is C27H25N3O4S. The molecule has 2 N–H and O–H groups in total. The molecule has 1 atom stereocenters. The number of benzene rings is 3. The van der Waals surface area contributed by atoms with E-state index in [9.17, 15) is 19.8 Å². The van der Waals surface area contributed by atoms with Gasteiger partial charge in [0.15, 0.2) is 0 Å². The minimum atomic E-state index is -0.344. The number of carbonyl (C=O) groups is 2. The zero-order valence-electron chi connectivity index (χ0n) is 19.4. The number of aromatic nitrogens is 1. The van der Waals surface area contributed by atoms with Gasteiger partial charge in [-0.3, -0.25) is 9.59 Å². The van der Waals surface area contributed by atoms with Gasteiger partial charge in [-0.2, -0.15) is 0 Å². The van der Waals surface area contributed by atoms with Crippen LogP contribution in [0.2, 0.25) is 0 Å². The number of aryl methyl sites for hydroxylation is 1. The van der Waals surface area contributed by atoms with Gasteiger partial charge >= 0.3 is 0 Å². The van der Waals surface area contributed by atoms with E-state index in [0.29, 0.717) is 12.1 Å². The molecule has 0 saturated heterocycles. The quantitative estimate of drug-likeness (QED) is 0.424. The summed E-state index contributed by atoms with van der Waals surface area (Å²) in [6.07, 6.45) is 1.47. The first-order valence-corrected chi connectivity index (χ1v) is 12.2. The van der Waals surface area contributed by atoms with E-state index >= 15 is 0 Å². The Bertz CT molecular complexity index is 1410. The number of amides is 2. The summed E-state index contributed by atoms with van der Waals surface area (Å²) in [6.45, 7) is 2.38. The van der Waals surface area contributed by atoms with Gasteiger partial charge in [-0.15, -0.1) is 11.3 Å². The molecular weight excluding hydrogens is 462 g/mol. The van der Waals surface area contributed by atoms with Gasteiger partial charge < -0.3 is 20.0 Å². The van der Waals surface area contributed by atoms with Crippen molar-refractivity contribution in [2.24, 2.45) is 0 Å². The number of rotatable bonds is 4. The normalized spacial score (nSPS) is 15.1. The predicted molar refractivity (Wildman–Crippen MR) is 136 cm³/mol. The second-order valence-electron chi connectivity index (χ2n) is 8.84. The molecule has 1 aliphatic rings. The molecule has 0 radical (unpaired) electrons. The van der Waals surface area contributed by atoms with Gasteiger partial charge in [0.2, 0.25) is 0 Å². The molecule has 4 aromatic rings. The average Bonchev–Trinajstić information content (AvgIpc) is 3.25. The SMILES string of the molecule is CC1CCc2cc(C(=O)N(C)Cc3nc4ccccc4s3)ccc2N1C(=O)c1ccc(O)cc1O. The van der Waals surface area contributed by atoms with Crippen molar-refractivity contribution in [3.05, 3.63) is 82.4 Å². The Morgan fingerprint density at radius 1 is 1.11 bits per heavy atom. The van der Waals surface area contributed by atoms with Crippen LogP contribution in [0.25, 0.3) is 10.2 Å². The third-order valence-corrected chi connectivity index (χ3v) is 7.37. The summed E-state index contributed by atoms with van der Waals surface area (Å²) in [5, 5.41) is 20.7. The van der Waals surface area contributed by atoms with Crippen LogP contribution in [0.4, 0.5) is 5.69 Å². The van der Waals surface area contributed by atoms with E-state index in [4.69, 9.17) is 0 Å². The van der Waals surface area contributed by atoms with Crippen LogP contribution in [0, 0.1) is 0 Å². The largest absolute Gasteiger partial charge is 0.508 e. The van der Waals surface area contributed by atoms with Gasteiger partial charge in [-0.1, -0.05) is 12.1 Å². The highest BCUT2D eigenvalue weighted by molar-refractivity contribution is 7.18. The molecule has 0 fully saturated rings. The highest BCUT2D eigenvalue weighted by atomic mass is 32.1. The molecule has 1 unspecified atom stereocenters. The lowest BCUT2D eigenvalue weighted by molar-refractivity contribution is 0.0785. The summed E-state index contributed by atoms with van der Waals surface area (Å²) >= 11 is 1.58. The van der Waals surface area contributed by atoms with Crippen molar-refractivity contribution in [2.75, 3.05) is 11.9 Å². The number of hydrogen-bond donors (Lipinski definition) is 2. The number of nitrogens with zero attached hydrogens (tertiary/aromatic N) is 3. The fraction of sp³-hybridized carbons (Fsp3) is 0.222. The van der Waals surface area contributed by atoms with E-state index in [1.165, 1.54) is 12.1 Å². The van der Waals surface area contributed by atoms with Crippen molar-refractivity contribution in [3.8, 4) is 11.5 Å². The van der Waals surface area contributed by atoms with Crippen LogP contribution in [0.1, 0.15) is 44.6 Å². The topological polar surface area (TPSA) is 94.0 Å². The first kappa shape index (κ1) is 22.9. The third-order valence-electron chi connectivity index (χ3n) is 6.35. The van der Waals surface area contributed by atoms with Crippen molar-refractivity contribution in [1.29, 1.82) is 0 Å². The summed E-state index contributed by atoms with van der Waals surface area (Å²) in [4.78, 5) is 34.4. The van der Waals surface area contributed by atoms with E-state index in [2.05, 4.69) is 4.98 Å².